The summed E-state index contributed by atoms with van der Waals surface area (Å²) in [5, 5.41) is 6.64. The maximum atomic E-state index is 12.3. The average molecular weight is 324 g/mol. The summed E-state index contributed by atoms with van der Waals surface area (Å²) in [5.41, 5.74) is 1.63. The molecule has 0 fully saturated rings. The Morgan fingerprint density at radius 1 is 0.833 bits per heavy atom. The molecule has 2 unspecified atom stereocenters. The van der Waals surface area contributed by atoms with E-state index in [9.17, 15) is 4.79 Å². The third-order valence-corrected chi connectivity index (χ3v) is 3.98. The number of anilines is 2. The van der Waals surface area contributed by atoms with Crippen molar-refractivity contribution in [2.75, 3.05) is 24.9 Å². The Morgan fingerprint density at radius 2 is 1.38 bits per heavy atom. The number of carbonyl (C=O) groups is 1. The third-order valence-electron chi connectivity index (χ3n) is 3.98. The van der Waals surface area contributed by atoms with Gasteiger partial charge in [0.05, 0.1) is 31.6 Å². The van der Waals surface area contributed by atoms with Gasteiger partial charge in [0.1, 0.15) is 17.5 Å². The van der Waals surface area contributed by atoms with E-state index >= 15 is 0 Å². The number of methoxy groups -OCH3 is 2. The van der Waals surface area contributed by atoms with E-state index in [-0.39, 0.29) is 11.8 Å². The second-order valence-electron chi connectivity index (χ2n) is 5.45. The van der Waals surface area contributed by atoms with Crippen LogP contribution in [0.1, 0.15) is 0 Å². The largest absolute Gasteiger partial charge is 0.495 e. The van der Waals surface area contributed by atoms with E-state index in [0.717, 1.165) is 17.1 Å². The SMILES string of the molecule is COc1ccccc1NC1C=CC(=O)C1Nc1ccccc1OC. The van der Waals surface area contributed by atoms with Gasteiger partial charge in [-0.25, -0.2) is 0 Å². The molecule has 0 aromatic heterocycles. The van der Waals surface area contributed by atoms with Crippen LogP contribution in [0, 0.1) is 0 Å². The van der Waals surface area contributed by atoms with E-state index in [4.69, 9.17) is 9.47 Å². The van der Waals surface area contributed by atoms with Crippen molar-refractivity contribution in [3.05, 3.63) is 60.7 Å². The summed E-state index contributed by atoms with van der Waals surface area (Å²) in [4.78, 5) is 12.3. The van der Waals surface area contributed by atoms with Crippen molar-refractivity contribution in [3.8, 4) is 11.5 Å². The van der Waals surface area contributed by atoms with Gasteiger partial charge in [0, 0.05) is 0 Å². The van der Waals surface area contributed by atoms with Gasteiger partial charge in [-0.1, -0.05) is 30.3 Å². The molecule has 2 atom stereocenters. The molecule has 2 aromatic carbocycles. The molecule has 124 valence electrons. The molecule has 0 heterocycles. The molecule has 1 aliphatic rings. The molecule has 0 amide bonds. The van der Waals surface area contributed by atoms with Crippen LogP contribution in [-0.4, -0.2) is 32.1 Å². The van der Waals surface area contributed by atoms with E-state index in [1.54, 1.807) is 20.3 Å². The second kappa shape index (κ2) is 7.08. The molecular weight excluding hydrogens is 304 g/mol. The number of hydrogen-bond acceptors (Lipinski definition) is 5. The van der Waals surface area contributed by atoms with Crippen molar-refractivity contribution in [2.45, 2.75) is 12.1 Å². The summed E-state index contributed by atoms with van der Waals surface area (Å²) in [6.07, 6.45) is 3.46. The molecule has 0 bridgehead atoms. The third kappa shape index (κ3) is 3.20. The monoisotopic (exact) mass is 324 g/mol. The van der Waals surface area contributed by atoms with Gasteiger partial charge in [0.2, 0.25) is 0 Å². The Labute approximate surface area is 141 Å². The Kier molecular flexibility index (Phi) is 4.70. The summed E-state index contributed by atoms with van der Waals surface area (Å²) in [6.45, 7) is 0. The lowest BCUT2D eigenvalue weighted by atomic mass is 10.1. The van der Waals surface area contributed by atoms with E-state index in [0.29, 0.717) is 5.75 Å². The number of ketones is 1. The molecule has 0 saturated carbocycles. The number of nitrogens with one attached hydrogen (secondary N) is 2. The highest BCUT2D eigenvalue weighted by molar-refractivity contribution is 6.00. The van der Waals surface area contributed by atoms with Gasteiger partial charge in [-0.05, 0) is 30.3 Å². The minimum absolute atomic E-state index is 0.0216. The van der Waals surface area contributed by atoms with Gasteiger partial charge < -0.3 is 20.1 Å². The first-order valence-corrected chi connectivity index (χ1v) is 7.74. The molecule has 2 N–H and O–H groups in total. The molecular formula is C19H20N2O3. The number of carbonyl (C=O) groups excluding carboxylic acids is 1. The van der Waals surface area contributed by atoms with Gasteiger partial charge in [-0.15, -0.1) is 0 Å². The standard InChI is InChI=1S/C19H20N2O3/c1-23-17-9-5-3-7-13(17)20-15-11-12-16(22)19(15)21-14-8-4-6-10-18(14)24-2/h3-12,15,19-21H,1-2H3. The topological polar surface area (TPSA) is 59.6 Å². The van der Waals surface area contributed by atoms with Crippen molar-refractivity contribution in [1.82, 2.24) is 0 Å². The van der Waals surface area contributed by atoms with Crippen molar-refractivity contribution in [2.24, 2.45) is 0 Å². The van der Waals surface area contributed by atoms with Crippen LogP contribution in [0.4, 0.5) is 11.4 Å². The van der Waals surface area contributed by atoms with Gasteiger partial charge in [0.25, 0.3) is 0 Å². The molecule has 5 heteroatoms. The smallest absolute Gasteiger partial charge is 0.180 e. The first-order chi connectivity index (χ1) is 11.7. The fourth-order valence-electron chi connectivity index (χ4n) is 2.76. The van der Waals surface area contributed by atoms with Gasteiger partial charge in [-0.2, -0.15) is 0 Å². The Balaban J connectivity index is 1.80. The van der Waals surface area contributed by atoms with E-state index in [1.165, 1.54) is 0 Å². The number of hydrogen-bond donors (Lipinski definition) is 2. The van der Waals surface area contributed by atoms with Gasteiger partial charge >= 0.3 is 0 Å². The van der Waals surface area contributed by atoms with Crippen LogP contribution in [0.15, 0.2) is 60.7 Å². The highest BCUT2D eigenvalue weighted by atomic mass is 16.5. The lowest BCUT2D eigenvalue weighted by Gasteiger charge is -2.24. The molecule has 1 aliphatic carbocycles. The van der Waals surface area contributed by atoms with Crippen LogP contribution >= 0.6 is 0 Å². The summed E-state index contributed by atoms with van der Waals surface area (Å²) in [5.74, 6) is 1.46. The normalized spacial score (nSPS) is 19.2. The van der Waals surface area contributed by atoms with E-state index < -0.39 is 6.04 Å². The Hall–Kier alpha value is -2.95. The second-order valence-corrected chi connectivity index (χ2v) is 5.45. The van der Waals surface area contributed by atoms with Crippen LogP contribution in [0.2, 0.25) is 0 Å². The zero-order valence-corrected chi connectivity index (χ0v) is 13.7. The number of para-hydroxylation sites is 4. The number of rotatable bonds is 6. The van der Waals surface area contributed by atoms with Crippen LogP contribution in [0.5, 0.6) is 11.5 Å². The van der Waals surface area contributed by atoms with Crippen molar-refractivity contribution in [3.63, 3.8) is 0 Å². The van der Waals surface area contributed by atoms with Gasteiger partial charge in [-0.3, -0.25) is 4.79 Å². The molecule has 5 nitrogen and oxygen atoms in total. The highest BCUT2D eigenvalue weighted by Crippen LogP contribution is 2.29. The predicted molar refractivity (Wildman–Crippen MR) is 95.0 cm³/mol. The predicted octanol–water partition coefficient (Wildman–Crippen LogP) is 3.10. The van der Waals surface area contributed by atoms with Crippen molar-refractivity contribution >= 4 is 17.2 Å². The summed E-state index contributed by atoms with van der Waals surface area (Å²) in [7, 11) is 3.24. The first kappa shape index (κ1) is 15.9. The molecule has 3 rings (SSSR count). The van der Waals surface area contributed by atoms with Gasteiger partial charge in [0.15, 0.2) is 5.78 Å². The zero-order chi connectivity index (χ0) is 16.9. The van der Waals surface area contributed by atoms with Crippen molar-refractivity contribution in [1.29, 1.82) is 0 Å². The highest BCUT2D eigenvalue weighted by Gasteiger charge is 2.31. The Bertz CT molecular complexity index is 758. The summed E-state index contributed by atoms with van der Waals surface area (Å²) < 4.78 is 10.7. The molecule has 24 heavy (non-hydrogen) atoms. The molecule has 0 saturated heterocycles. The minimum Gasteiger partial charge on any atom is -0.495 e. The fourth-order valence-corrected chi connectivity index (χ4v) is 2.76. The van der Waals surface area contributed by atoms with Crippen LogP contribution in [0.3, 0.4) is 0 Å². The van der Waals surface area contributed by atoms with Crippen LogP contribution in [-0.2, 0) is 4.79 Å². The average Bonchev–Trinajstić information content (AvgIpc) is 2.96. The van der Waals surface area contributed by atoms with E-state index in [1.807, 2.05) is 54.6 Å². The minimum atomic E-state index is -0.411. The molecule has 0 aliphatic heterocycles. The number of ether oxygens (including phenoxy) is 2. The number of benzene rings is 2. The molecule has 0 spiro atoms. The summed E-state index contributed by atoms with van der Waals surface area (Å²) in [6, 6.07) is 14.6. The maximum absolute atomic E-state index is 12.3. The fraction of sp³-hybridized carbons (Fsp3) is 0.211. The van der Waals surface area contributed by atoms with Crippen molar-refractivity contribution < 1.29 is 14.3 Å². The quantitative estimate of drug-likeness (QED) is 0.855. The van der Waals surface area contributed by atoms with Crippen LogP contribution in [0.25, 0.3) is 0 Å². The lowest BCUT2D eigenvalue weighted by Crippen LogP contribution is -2.39. The maximum Gasteiger partial charge on any atom is 0.180 e. The first-order valence-electron chi connectivity index (χ1n) is 7.74. The van der Waals surface area contributed by atoms with E-state index in [2.05, 4.69) is 10.6 Å². The lowest BCUT2D eigenvalue weighted by molar-refractivity contribution is -0.114. The zero-order valence-electron chi connectivity index (χ0n) is 13.7. The Morgan fingerprint density at radius 3 is 1.96 bits per heavy atom. The molecule has 2 aromatic rings. The van der Waals surface area contributed by atoms with Crippen LogP contribution < -0.4 is 20.1 Å². The molecule has 0 radical (unpaired) electrons. The summed E-state index contributed by atoms with van der Waals surface area (Å²) >= 11 is 0.